The molecule has 30 heavy (non-hydrogen) atoms. The monoisotopic (exact) mass is 407 g/mol. The van der Waals surface area contributed by atoms with Gasteiger partial charge in [0.05, 0.1) is 36.6 Å². The van der Waals surface area contributed by atoms with E-state index in [1.807, 2.05) is 41.3 Å². The molecule has 1 fully saturated rings. The smallest absolute Gasteiger partial charge is 0.294 e. The minimum atomic E-state index is -0.392. The van der Waals surface area contributed by atoms with Crippen LogP contribution in [0.15, 0.2) is 54.7 Å². The summed E-state index contributed by atoms with van der Waals surface area (Å²) >= 11 is 0. The summed E-state index contributed by atoms with van der Waals surface area (Å²) in [6.45, 7) is 2.22. The summed E-state index contributed by atoms with van der Waals surface area (Å²) in [5, 5.41) is 14.8. The Morgan fingerprint density at radius 3 is 2.63 bits per heavy atom. The average molecular weight is 407 g/mol. The van der Waals surface area contributed by atoms with Crippen LogP contribution < -0.4 is 15.0 Å². The predicted molar refractivity (Wildman–Crippen MR) is 113 cm³/mol. The molecule has 0 radical (unpaired) electrons. The first-order valence-electron chi connectivity index (χ1n) is 9.50. The van der Waals surface area contributed by atoms with Gasteiger partial charge in [-0.1, -0.05) is 30.3 Å². The molecule has 0 atom stereocenters. The minimum absolute atomic E-state index is 0.0144. The highest BCUT2D eigenvalue weighted by Gasteiger charge is 2.25. The highest BCUT2D eigenvalue weighted by molar-refractivity contribution is 5.77. The summed E-state index contributed by atoms with van der Waals surface area (Å²) in [6.07, 6.45) is 1.64. The van der Waals surface area contributed by atoms with Crippen LogP contribution in [0.5, 0.6) is 5.75 Å². The molecule has 0 amide bonds. The lowest BCUT2D eigenvalue weighted by molar-refractivity contribution is -0.384. The van der Waals surface area contributed by atoms with Crippen LogP contribution in [0.25, 0.3) is 11.3 Å². The van der Waals surface area contributed by atoms with Crippen LogP contribution in [0, 0.1) is 10.1 Å². The van der Waals surface area contributed by atoms with Gasteiger partial charge in [0.1, 0.15) is 11.4 Å². The van der Waals surface area contributed by atoms with Crippen molar-refractivity contribution in [2.24, 2.45) is 0 Å². The molecular weight excluding hydrogens is 386 g/mol. The molecule has 1 aliphatic heterocycles. The van der Waals surface area contributed by atoms with Crippen LogP contribution in [0.2, 0.25) is 0 Å². The lowest BCUT2D eigenvalue weighted by Crippen LogP contribution is -2.36. The van der Waals surface area contributed by atoms with Crippen molar-refractivity contribution >= 4 is 23.0 Å². The van der Waals surface area contributed by atoms with Crippen LogP contribution >= 0.6 is 0 Å². The van der Waals surface area contributed by atoms with Gasteiger partial charge in [0.25, 0.3) is 5.69 Å². The fraction of sp³-hybridized carbons (Fsp3) is 0.238. The number of nitrogens with one attached hydrogen (secondary N) is 1. The van der Waals surface area contributed by atoms with Gasteiger partial charge >= 0.3 is 0 Å². The average Bonchev–Trinajstić information content (AvgIpc) is 2.80. The van der Waals surface area contributed by atoms with Crippen LogP contribution in [0.4, 0.5) is 23.0 Å². The predicted octanol–water partition coefficient (Wildman–Crippen LogP) is 3.64. The van der Waals surface area contributed by atoms with E-state index in [-0.39, 0.29) is 5.69 Å². The van der Waals surface area contributed by atoms with Gasteiger partial charge in [0, 0.05) is 37.0 Å². The third-order valence-corrected chi connectivity index (χ3v) is 4.82. The van der Waals surface area contributed by atoms with Crippen LogP contribution in [-0.4, -0.2) is 48.3 Å². The third-order valence-electron chi connectivity index (χ3n) is 4.82. The van der Waals surface area contributed by atoms with E-state index in [1.54, 1.807) is 12.3 Å². The number of aromatic nitrogens is 2. The van der Waals surface area contributed by atoms with Gasteiger partial charge < -0.3 is 19.7 Å². The largest absolute Gasteiger partial charge is 0.494 e. The summed E-state index contributed by atoms with van der Waals surface area (Å²) in [5.41, 5.74) is 2.60. The quantitative estimate of drug-likeness (QED) is 0.488. The molecule has 2 heterocycles. The number of methoxy groups -OCH3 is 1. The molecule has 0 saturated carbocycles. The van der Waals surface area contributed by atoms with E-state index in [0.717, 1.165) is 11.3 Å². The van der Waals surface area contributed by atoms with Crippen molar-refractivity contribution < 1.29 is 14.4 Å². The fourth-order valence-corrected chi connectivity index (χ4v) is 3.34. The first kappa shape index (κ1) is 19.6. The highest BCUT2D eigenvalue weighted by atomic mass is 16.6. The maximum atomic E-state index is 11.8. The lowest BCUT2D eigenvalue weighted by Gasteiger charge is -2.29. The van der Waals surface area contributed by atoms with Crippen molar-refractivity contribution in [1.29, 1.82) is 0 Å². The Balaban J connectivity index is 1.69. The second-order valence-electron chi connectivity index (χ2n) is 6.65. The van der Waals surface area contributed by atoms with E-state index in [2.05, 4.69) is 15.3 Å². The number of ether oxygens (including phenoxy) is 2. The number of hydrogen-bond donors (Lipinski definition) is 1. The van der Waals surface area contributed by atoms with Crippen LogP contribution in [0.3, 0.4) is 0 Å². The zero-order valence-corrected chi connectivity index (χ0v) is 16.4. The Kier molecular flexibility index (Phi) is 5.71. The molecule has 2 aromatic carbocycles. The van der Waals surface area contributed by atoms with Crippen LogP contribution in [-0.2, 0) is 4.74 Å². The van der Waals surface area contributed by atoms with Gasteiger partial charge in [-0.05, 0) is 6.07 Å². The molecule has 1 saturated heterocycles. The van der Waals surface area contributed by atoms with Crippen molar-refractivity contribution in [2.45, 2.75) is 0 Å². The summed E-state index contributed by atoms with van der Waals surface area (Å²) in [6, 6.07) is 14.6. The van der Waals surface area contributed by atoms with Crippen molar-refractivity contribution in [1.82, 2.24) is 9.97 Å². The van der Waals surface area contributed by atoms with E-state index in [4.69, 9.17) is 9.47 Å². The van der Waals surface area contributed by atoms with Gasteiger partial charge in [0.15, 0.2) is 0 Å². The minimum Gasteiger partial charge on any atom is -0.494 e. The normalized spacial score (nSPS) is 13.7. The molecule has 0 bridgehead atoms. The first-order chi connectivity index (χ1) is 14.7. The molecule has 9 nitrogen and oxygen atoms in total. The molecular formula is C21H21N5O4. The molecule has 3 aromatic rings. The third kappa shape index (κ3) is 4.15. The molecule has 0 unspecified atom stereocenters. The fourth-order valence-electron chi connectivity index (χ4n) is 3.34. The number of rotatable bonds is 6. The molecule has 1 N–H and O–H groups in total. The molecule has 9 heteroatoms. The number of nitrogens with zero attached hydrogens (tertiary/aromatic N) is 4. The molecule has 0 spiro atoms. The van der Waals surface area contributed by atoms with Gasteiger partial charge in [-0.25, -0.2) is 9.97 Å². The number of benzene rings is 2. The maximum absolute atomic E-state index is 11.8. The number of hydrogen-bond acceptors (Lipinski definition) is 8. The second kappa shape index (κ2) is 8.75. The lowest BCUT2D eigenvalue weighted by atomic mass is 10.1. The zero-order chi connectivity index (χ0) is 20.9. The molecule has 1 aliphatic rings. The van der Waals surface area contributed by atoms with Crippen molar-refractivity contribution in [3.8, 4) is 17.0 Å². The van der Waals surface area contributed by atoms with Crippen molar-refractivity contribution in [3.63, 3.8) is 0 Å². The molecule has 154 valence electrons. The van der Waals surface area contributed by atoms with E-state index in [1.165, 1.54) is 13.2 Å². The summed E-state index contributed by atoms with van der Waals surface area (Å²) in [5.74, 6) is 0.791. The molecule has 1 aromatic heterocycles. The van der Waals surface area contributed by atoms with Gasteiger partial charge in [-0.15, -0.1) is 0 Å². The van der Waals surface area contributed by atoms with Gasteiger partial charge in [-0.2, -0.15) is 0 Å². The SMILES string of the molecule is COc1cc(N2CCOCC2)c([N+](=O)[O-])cc1Nc1nccc(-c2ccccc2)n1. The summed E-state index contributed by atoms with van der Waals surface area (Å²) in [7, 11) is 1.52. The Labute approximate surface area is 173 Å². The topological polar surface area (TPSA) is 103 Å². The van der Waals surface area contributed by atoms with Crippen molar-refractivity contribution in [3.05, 3.63) is 64.8 Å². The van der Waals surface area contributed by atoms with Gasteiger partial charge in [0.2, 0.25) is 5.95 Å². The summed E-state index contributed by atoms with van der Waals surface area (Å²) in [4.78, 5) is 22.1. The summed E-state index contributed by atoms with van der Waals surface area (Å²) < 4.78 is 10.9. The first-order valence-corrected chi connectivity index (χ1v) is 9.50. The Bertz CT molecular complexity index is 1040. The number of nitro benzene ring substituents is 1. The van der Waals surface area contributed by atoms with E-state index in [0.29, 0.717) is 49.4 Å². The Morgan fingerprint density at radius 1 is 1.17 bits per heavy atom. The van der Waals surface area contributed by atoms with E-state index < -0.39 is 4.92 Å². The molecule has 0 aliphatic carbocycles. The van der Waals surface area contributed by atoms with Gasteiger partial charge in [-0.3, -0.25) is 10.1 Å². The van der Waals surface area contributed by atoms with E-state index >= 15 is 0 Å². The number of nitro groups is 1. The number of morpholine rings is 1. The highest BCUT2D eigenvalue weighted by Crippen LogP contribution is 2.39. The van der Waals surface area contributed by atoms with Crippen LogP contribution in [0.1, 0.15) is 0 Å². The Morgan fingerprint density at radius 2 is 1.93 bits per heavy atom. The molecule has 4 rings (SSSR count). The van der Waals surface area contributed by atoms with Crippen molar-refractivity contribution in [2.75, 3.05) is 43.6 Å². The maximum Gasteiger partial charge on any atom is 0.294 e. The zero-order valence-electron chi connectivity index (χ0n) is 16.4. The second-order valence-corrected chi connectivity index (χ2v) is 6.65. The Hall–Kier alpha value is -3.72. The standard InChI is InChI=1S/C21H21N5O4/c1-29-20-14-18(25-9-11-30-12-10-25)19(26(27)28)13-17(20)24-21-22-8-7-16(23-21)15-5-3-2-4-6-15/h2-8,13-14H,9-12H2,1H3,(H,22,23,24). The number of anilines is 3. The van der Waals surface area contributed by atoms with E-state index in [9.17, 15) is 10.1 Å².